The van der Waals surface area contributed by atoms with E-state index in [-0.39, 0.29) is 5.82 Å². The summed E-state index contributed by atoms with van der Waals surface area (Å²) in [4.78, 5) is 5.21. The number of nitrogens with zero attached hydrogens (tertiary/aromatic N) is 3. The van der Waals surface area contributed by atoms with Gasteiger partial charge in [-0.15, -0.1) is 17.9 Å². The fourth-order valence-electron chi connectivity index (χ4n) is 2.15. The molecule has 3 rings (SSSR count). The summed E-state index contributed by atoms with van der Waals surface area (Å²) in [5, 5.41) is 6.59. The molecule has 0 bridgehead atoms. The van der Waals surface area contributed by atoms with Crippen LogP contribution >= 0.6 is 11.3 Å². The zero-order valence-corrected chi connectivity index (χ0v) is 14.0. The van der Waals surface area contributed by atoms with Crippen LogP contribution in [0.5, 0.6) is 0 Å². The number of hydrogen-bond acceptors (Lipinski definition) is 4. The second-order valence-electron chi connectivity index (χ2n) is 5.01. The number of aromatic nitrogens is 1. The monoisotopic (exact) mass is 341 g/mol. The van der Waals surface area contributed by atoms with Crippen LogP contribution in [0.1, 0.15) is 12.7 Å². The highest BCUT2D eigenvalue weighted by Crippen LogP contribution is 2.21. The van der Waals surface area contributed by atoms with Crippen LogP contribution in [0.4, 0.5) is 4.39 Å². The number of furan rings is 1. The summed E-state index contributed by atoms with van der Waals surface area (Å²) in [6, 6.07) is 9.98. The lowest BCUT2D eigenvalue weighted by Crippen LogP contribution is -2.14. The van der Waals surface area contributed by atoms with Gasteiger partial charge in [-0.3, -0.25) is 4.99 Å². The summed E-state index contributed by atoms with van der Waals surface area (Å²) < 4.78 is 20.3. The van der Waals surface area contributed by atoms with Crippen molar-refractivity contribution in [2.45, 2.75) is 6.92 Å². The molecule has 2 aromatic heterocycles. The lowest BCUT2D eigenvalue weighted by molar-refractivity contribution is 0.556. The number of rotatable bonds is 5. The highest BCUT2D eigenvalue weighted by atomic mass is 32.1. The Kier molecular flexibility index (Phi) is 4.86. The summed E-state index contributed by atoms with van der Waals surface area (Å²) in [6.45, 7) is 6.06. The summed E-state index contributed by atoms with van der Waals surface area (Å²) in [5.74, 6) is 0.417. The van der Waals surface area contributed by atoms with Crippen molar-refractivity contribution in [3.8, 4) is 11.3 Å². The van der Waals surface area contributed by atoms with Crippen LogP contribution in [0.3, 0.4) is 0 Å². The Bertz CT molecular complexity index is 918. The van der Waals surface area contributed by atoms with Crippen LogP contribution in [0, 0.1) is 5.82 Å². The van der Waals surface area contributed by atoms with E-state index < -0.39 is 0 Å². The lowest BCUT2D eigenvalue weighted by Gasteiger charge is -2.05. The molecule has 0 atom stereocenters. The van der Waals surface area contributed by atoms with Gasteiger partial charge in [0, 0.05) is 10.9 Å². The van der Waals surface area contributed by atoms with E-state index in [1.165, 1.54) is 23.5 Å². The topological polar surface area (TPSA) is 42.8 Å². The van der Waals surface area contributed by atoms with E-state index >= 15 is 0 Å². The average molecular weight is 341 g/mol. The molecular formula is C18H16FN3OS. The first-order valence-electron chi connectivity index (χ1n) is 7.36. The first-order valence-corrected chi connectivity index (χ1v) is 8.24. The molecule has 1 aromatic carbocycles. The molecule has 0 amide bonds. The molecule has 0 fully saturated rings. The van der Waals surface area contributed by atoms with Crippen molar-refractivity contribution in [2.24, 2.45) is 10.1 Å². The minimum absolute atomic E-state index is 0.271. The van der Waals surface area contributed by atoms with Crippen molar-refractivity contribution in [1.29, 1.82) is 0 Å². The van der Waals surface area contributed by atoms with Gasteiger partial charge in [-0.2, -0.15) is 5.10 Å². The van der Waals surface area contributed by atoms with Gasteiger partial charge in [-0.1, -0.05) is 6.08 Å². The average Bonchev–Trinajstić information content (AvgIpc) is 3.24. The van der Waals surface area contributed by atoms with Crippen LogP contribution in [0.25, 0.3) is 11.3 Å². The molecule has 0 unspecified atom stereocenters. The van der Waals surface area contributed by atoms with Gasteiger partial charge in [0.05, 0.1) is 18.5 Å². The van der Waals surface area contributed by atoms with Gasteiger partial charge in [0.15, 0.2) is 0 Å². The van der Waals surface area contributed by atoms with Crippen molar-refractivity contribution in [3.63, 3.8) is 0 Å². The standard InChI is InChI=1S/C18H16FN3OS/c1-3-10-20-18-22(21-13(2)17-5-4-11-23-17)16(12-24-18)14-6-8-15(19)9-7-14/h3-9,11-12H,1,10H2,2H3. The molecule has 122 valence electrons. The van der Waals surface area contributed by atoms with Gasteiger partial charge in [0.25, 0.3) is 0 Å². The number of thiazole rings is 1. The normalized spacial score (nSPS) is 12.6. The van der Waals surface area contributed by atoms with E-state index in [0.29, 0.717) is 12.3 Å². The zero-order valence-electron chi connectivity index (χ0n) is 13.1. The molecule has 0 aliphatic rings. The third kappa shape index (κ3) is 3.44. The van der Waals surface area contributed by atoms with Crippen molar-refractivity contribution >= 4 is 17.0 Å². The molecule has 24 heavy (non-hydrogen) atoms. The Morgan fingerprint density at radius 3 is 2.79 bits per heavy atom. The summed E-state index contributed by atoms with van der Waals surface area (Å²) in [5.41, 5.74) is 2.43. The molecule has 0 N–H and O–H groups in total. The molecule has 6 heteroatoms. The van der Waals surface area contributed by atoms with Crippen LogP contribution in [0.15, 0.2) is 75.2 Å². The van der Waals surface area contributed by atoms with Crippen LogP contribution in [-0.2, 0) is 0 Å². The quantitative estimate of drug-likeness (QED) is 0.504. The maximum Gasteiger partial charge on any atom is 0.206 e. The van der Waals surface area contributed by atoms with Crippen molar-refractivity contribution in [2.75, 3.05) is 6.54 Å². The minimum atomic E-state index is -0.271. The summed E-state index contributed by atoms with van der Waals surface area (Å²) in [7, 11) is 0. The smallest absolute Gasteiger partial charge is 0.206 e. The molecule has 0 saturated heterocycles. The van der Waals surface area contributed by atoms with E-state index in [9.17, 15) is 4.39 Å². The van der Waals surface area contributed by atoms with Gasteiger partial charge in [-0.25, -0.2) is 9.07 Å². The van der Waals surface area contributed by atoms with Gasteiger partial charge >= 0.3 is 0 Å². The lowest BCUT2D eigenvalue weighted by atomic mass is 10.2. The Labute approximate surface area is 142 Å². The molecule has 3 aromatic rings. The summed E-state index contributed by atoms with van der Waals surface area (Å²) >= 11 is 1.47. The number of hydrogen-bond donors (Lipinski definition) is 0. The predicted octanol–water partition coefficient (Wildman–Crippen LogP) is 4.31. The molecule has 0 spiro atoms. The minimum Gasteiger partial charge on any atom is -0.463 e. The third-order valence-corrected chi connectivity index (χ3v) is 4.16. The second kappa shape index (κ2) is 7.23. The highest BCUT2D eigenvalue weighted by molar-refractivity contribution is 7.07. The molecule has 0 aliphatic carbocycles. The summed E-state index contributed by atoms with van der Waals surface area (Å²) in [6.07, 6.45) is 3.33. The van der Waals surface area contributed by atoms with Crippen molar-refractivity contribution < 1.29 is 8.81 Å². The number of halogens is 1. The zero-order chi connectivity index (χ0) is 16.9. The molecule has 4 nitrogen and oxygen atoms in total. The maximum absolute atomic E-state index is 13.2. The van der Waals surface area contributed by atoms with Crippen LogP contribution < -0.4 is 4.80 Å². The van der Waals surface area contributed by atoms with Crippen molar-refractivity contribution in [3.05, 3.63) is 77.1 Å². The highest BCUT2D eigenvalue weighted by Gasteiger charge is 2.09. The van der Waals surface area contributed by atoms with E-state index in [1.54, 1.807) is 29.1 Å². The van der Waals surface area contributed by atoms with Crippen LogP contribution in [0.2, 0.25) is 0 Å². The fourth-order valence-corrected chi connectivity index (χ4v) is 2.99. The Hall–Kier alpha value is -2.73. The van der Waals surface area contributed by atoms with Gasteiger partial charge < -0.3 is 4.42 Å². The van der Waals surface area contributed by atoms with E-state index in [4.69, 9.17) is 4.42 Å². The van der Waals surface area contributed by atoms with Crippen molar-refractivity contribution in [1.82, 2.24) is 4.68 Å². The van der Waals surface area contributed by atoms with Gasteiger partial charge in [0.1, 0.15) is 17.3 Å². The Morgan fingerprint density at radius 2 is 2.12 bits per heavy atom. The first-order chi connectivity index (χ1) is 11.7. The number of benzene rings is 1. The molecule has 0 saturated carbocycles. The Balaban J connectivity index is 2.13. The van der Waals surface area contributed by atoms with E-state index in [2.05, 4.69) is 16.7 Å². The molecular weight excluding hydrogens is 325 g/mol. The molecule has 2 heterocycles. The van der Waals surface area contributed by atoms with Crippen LogP contribution in [-0.4, -0.2) is 16.9 Å². The predicted molar refractivity (Wildman–Crippen MR) is 94.6 cm³/mol. The van der Waals surface area contributed by atoms with E-state index in [1.807, 2.05) is 24.4 Å². The Morgan fingerprint density at radius 1 is 1.33 bits per heavy atom. The molecule has 0 aliphatic heterocycles. The fraction of sp³-hybridized carbons (Fsp3) is 0.111. The van der Waals surface area contributed by atoms with Gasteiger partial charge in [-0.05, 0) is 43.3 Å². The third-order valence-electron chi connectivity index (χ3n) is 3.31. The largest absolute Gasteiger partial charge is 0.463 e. The SMILES string of the molecule is C=CCN=c1scc(-c2ccc(F)cc2)n1N=C(C)c1ccco1. The van der Waals surface area contributed by atoms with Gasteiger partial charge in [0.2, 0.25) is 4.80 Å². The first kappa shape index (κ1) is 16.1. The van der Waals surface area contributed by atoms with E-state index in [0.717, 1.165) is 21.8 Å². The second-order valence-corrected chi connectivity index (χ2v) is 5.85. The molecule has 0 radical (unpaired) electrons. The maximum atomic E-state index is 13.2.